The zero-order chi connectivity index (χ0) is 19.4. The van der Waals surface area contributed by atoms with Gasteiger partial charge in [-0.3, -0.25) is 14.4 Å². The predicted molar refractivity (Wildman–Crippen MR) is 102 cm³/mol. The fraction of sp³-hybridized carbons (Fsp3) is 0.250. The molecule has 0 unspecified atom stereocenters. The number of hydrogen-bond donors (Lipinski definition) is 3. The Kier molecular flexibility index (Phi) is 5.40. The van der Waals surface area contributed by atoms with Gasteiger partial charge < -0.3 is 20.4 Å². The molecule has 2 amide bonds. The van der Waals surface area contributed by atoms with Crippen LogP contribution in [0, 0.1) is 6.92 Å². The van der Waals surface area contributed by atoms with Crippen LogP contribution in [-0.4, -0.2) is 36.4 Å². The number of para-hydroxylation sites is 1. The number of H-pyrrole nitrogens is 1. The van der Waals surface area contributed by atoms with Crippen molar-refractivity contribution in [2.45, 2.75) is 19.8 Å². The summed E-state index contributed by atoms with van der Waals surface area (Å²) in [5.74, 6) is -0.730. The number of hydrogen-bond acceptors (Lipinski definition) is 4. The Balaban J connectivity index is 1.71. The number of carbonyl (C=O) groups excluding carboxylic acids is 3. The third kappa shape index (κ3) is 4.08. The molecule has 0 spiro atoms. The van der Waals surface area contributed by atoms with Gasteiger partial charge in [-0.15, -0.1) is 0 Å². The van der Waals surface area contributed by atoms with Crippen LogP contribution in [0.4, 0.5) is 5.69 Å². The molecule has 3 N–H and O–H groups in total. The minimum absolute atomic E-state index is 0.168. The molecule has 1 aromatic heterocycles. The lowest BCUT2D eigenvalue weighted by Gasteiger charge is -2.03. The maximum atomic E-state index is 12.3. The largest absolute Gasteiger partial charge is 0.469 e. The molecule has 1 aliphatic rings. The number of methoxy groups -OCH3 is 1. The van der Waals surface area contributed by atoms with E-state index < -0.39 is 0 Å². The standard InChI is InChI=1S/C20H21N3O4/c1-12-10-17(20(26)21-9-5-8-18(24)27-2)22-16(12)11-14-13-6-3-4-7-15(13)23-19(14)25/h3-4,6-7,10-11,22H,5,8-9H2,1-2H3,(H,21,26)(H,23,25). The number of amides is 2. The fourth-order valence-corrected chi connectivity index (χ4v) is 2.90. The first-order valence-corrected chi connectivity index (χ1v) is 8.66. The lowest BCUT2D eigenvalue weighted by molar-refractivity contribution is -0.140. The molecule has 7 heteroatoms. The average Bonchev–Trinajstić information content (AvgIpc) is 3.19. The highest BCUT2D eigenvalue weighted by Gasteiger charge is 2.24. The number of nitrogens with one attached hydrogen (secondary N) is 3. The van der Waals surface area contributed by atoms with Gasteiger partial charge in [0.05, 0.1) is 12.7 Å². The van der Waals surface area contributed by atoms with Crippen molar-refractivity contribution >= 4 is 35.1 Å². The summed E-state index contributed by atoms with van der Waals surface area (Å²) < 4.78 is 4.56. The van der Waals surface area contributed by atoms with Crippen LogP contribution in [0.1, 0.15) is 40.2 Å². The molecular formula is C20H21N3O4. The summed E-state index contributed by atoms with van der Waals surface area (Å²) in [6, 6.07) is 9.21. The van der Waals surface area contributed by atoms with E-state index in [0.717, 1.165) is 16.8 Å². The Morgan fingerprint density at radius 2 is 2.04 bits per heavy atom. The lowest BCUT2D eigenvalue weighted by Crippen LogP contribution is -2.25. The van der Waals surface area contributed by atoms with E-state index in [1.807, 2.05) is 31.2 Å². The van der Waals surface area contributed by atoms with Crippen molar-refractivity contribution < 1.29 is 19.1 Å². The third-order valence-corrected chi connectivity index (χ3v) is 4.37. The van der Waals surface area contributed by atoms with Gasteiger partial charge in [-0.05, 0) is 37.1 Å². The molecular weight excluding hydrogens is 346 g/mol. The van der Waals surface area contributed by atoms with E-state index in [0.29, 0.717) is 29.9 Å². The van der Waals surface area contributed by atoms with Crippen molar-refractivity contribution in [1.29, 1.82) is 0 Å². The van der Waals surface area contributed by atoms with Gasteiger partial charge in [-0.2, -0.15) is 0 Å². The van der Waals surface area contributed by atoms with E-state index in [9.17, 15) is 14.4 Å². The number of aromatic nitrogens is 1. The predicted octanol–water partition coefficient (Wildman–Crippen LogP) is 2.50. The smallest absolute Gasteiger partial charge is 0.305 e. The Labute approximate surface area is 156 Å². The van der Waals surface area contributed by atoms with Crippen molar-refractivity contribution in [3.63, 3.8) is 0 Å². The zero-order valence-electron chi connectivity index (χ0n) is 15.2. The maximum absolute atomic E-state index is 12.3. The maximum Gasteiger partial charge on any atom is 0.305 e. The monoisotopic (exact) mass is 367 g/mol. The van der Waals surface area contributed by atoms with Gasteiger partial charge in [-0.25, -0.2) is 0 Å². The van der Waals surface area contributed by atoms with Crippen molar-refractivity contribution in [3.05, 3.63) is 52.8 Å². The Morgan fingerprint density at radius 3 is 2.81 bits per heavy atom. The van der Waals surface area contributed by atoms with Gasteiger partial charge in [0.2, 0.25) is 0 Å². The highest BCUT2D eigenvalue weighted by atomic mass is 16.5. The second-order valence-electron chi connectivity index (χ2n) is 6.27. The lowest BCUT2D eigenvalue weighted by atomic mass is 10.1. The summed E-state index contributed by atoms with van der Waals surface area (Å²) >= 11 is 0. The molecule has 0 atom stereocenters. The normalized spacial score (nSPS) is 14.0. The van der Waals surface area contributed by atoms with Gasteiger partial charge in [-0.1, -0.05) is 18.2 Å². The van der Waals surface area contributed by atoms with Gasteiger partial charge in [0, 0.05) is 29.9 Å². The van der Waals surface area contributed by atoms with E-state index in [4.69, 9.17) is 0 Å². The molecule has 0 aliphatic carbocycles. The number of benzene rings is 1. The van der Waals surface area contributed by atoms with E-state index >= 15 is 0 Å². The minimum atomic E-state index is -0.302. The van der Waals surface area contributed by atoms with Crippen molar-refractivity contribution in [1.82, 2.24) is 10.3 Å². The first-order chi connectivity index (χ1) is 13.0. The first kappa shape index (κ1) is 18.4. The molecule has 0 saturated heterocycles. The van der Waals surface area contributed by atoms with Crippen LogP contribution in [0.5, 0.6) is 0 Å². The van der Waals surface area contributed by atoms with E-state index in [-0.39, 0.29) is 24.2 Å². The highest BCUT2D eigenvalue weighted by Crippen LogP contribution is 2.32. The number of fused-ring (bicyclic) bond motifs is 1. The summed E-state index contributed by atoms with van der Waals surface area (Å²) in [6.45, 7) is 2.24. The molecule has 0 fully saturated rings. The molecule has 1 aromatic carbocycles. The molecule has 27 heavy (non-hydrogen) atoms. The summed E-state index contributed by atoms with van der Waals surface area (Å²) in [7, 11) is 1.33. The Morgan fingerprint density at radius 1 is 1.26 bits per heavy atom. The van der Waals surface area contributed by atoms with Crippen molar-refractivity contribution in [2.75, 3.05) is 19.0 Å². The van der Waals surface area contributed by atoms with E-state index in [1.165, 1.54) is 7.11 Å². The van der Waals surface area contributed by atoms with Crippen LogP contribution in [0.15, 0.2) is 30.3 Å². The average molecular weight is 367 g/mol. The number of anilines is 1. The summed E-state index contributed by atoms with van der Waals surface area (Å²) in [5.41, 5.74) is 4.15. The zero-order valence-corrected chi connectivity index (χ0v) is 15.2. The number of aryl methyl sites for hydroxylation is 1. The van der Waals surface area contributed by atoms with Crippen molar-refractivity contribution in [3.8, 4) is 0 Å². The number of ether oxygens (including phenoxy) is 1. The summed E-state index contributed by atoms with van der Waals surface area (Å²) in [4.78, 5) is 38.6. The second-order valence-corrected chi connectivity index (χ2v) is 6.27. The molecule has 7 nitrogen and oxygen atoms in total. The number of esters is 1. The fourth-order valence-electron chi connectivity index (χ4n) is 2.90. The van der Waals surface area contributed by atoms with Crippen LogP contribution in [-0.2, 0) is 14.3 Å². The van der Waals surface area contributed by atoms with Crippen LogP contribution in [0.25, 0.3) is 11.6 Å². The molecule has 0 saturated carbocycles. The SMILES string of the molecule is COC(=O)CCCNC(=O)c1cc(C)c(C=C2C(=O)Nc3ccccc32)[nH]1. The quantitative estimate of drug-likeness (QED) is 0.415. The molecule has 140 valence electrons. The molecule has 2 heterocycles. The van der Waals surface area contributed by atoms with Gasteiger partial charge >= 0.3 is 5.97 Å². The molecule has 3 rings (SSSR count). The third-order valence-electron chi connectivity index (χ3n) is 4.37. The van der Waals surface area contributed by atoms with Crippen LogP contribution < -0.4 is 10.6 Å². The minimum Gasteiger partial charge on any atom is -0.469 e. The van der Waals surface area contributed by atoms with Gasteiger partial charge in [0.15, 0.2) is 0 Å². The molecule has 0 radical (unpaired) electrons. The second kappa shape index (κ2) is 7.90. The van der Waals surface area contributed by atoms with Gasteiger partial charge in [0.1, 0.15) is 5.69 Å². The van der Waals surface area contributed by atoms with E-state index in [1.54, 1.807) is 12.1 Å². The topological polar surface area (TPSA) is 100 Å². The molecule has 0 bridgehead atoms. The van der Waals surface area contributed by atoms with Crippen LogP contribution >= 0.6 is 0 Å². The summed E-state index contributed by atoms with van der Waals surface area (Å²) in [5, 5.41) is 5.59. The molecule has 1 aliphatic heterocycles. The van der Waals surface area contributed by atoms with Crippen LogP contribution in [0.2, 0.25) is 0 Å². The highest BCUT2D eigenvalue weighted by molar-refractivity contribution is 6.34. The molecule has 2 aromatic rings. The van der Waals surface area contributed by atoms with Gasteiger partial charge in [0.25, 0.3) is 11.8 Å². The Hall–Kier alpha value is -3.35. The Bertz CT molecular complexity index is 927. The number of aromatic amines is 1. The number of carbonyl (C=O) groups is 3. The van der Waals surface area contributed by atoms with Crippen molar-refractivity contribution in [2.24, 2.45) is 0 Å². The number of rotatable bonds is 6. The van der Waals surface area contributed by atoms with Crippen LogP contribution in [0.3, 0.4) is 0 Å². The first-order valence-electron chi connectivity index (χ1n) is 8.66. The summed E-state index contributed by atoms with van der Waals surface area (Å²) in [6.07, 6.45) is 2.52. The van der Waals surface area contributed by atoms with E-state index in [2.05, 4.69) is 20.4 Å².